The molecule has 15 heavy (non-hydrogen) atoms. The summed E-state index contributed by atoms with van der Waals surface area (Å²) in [5.41, 5.74) is 0.988. The van der Waals surface area contributed by atoms with Crippen molar-refractivity contribution < 1.29 is 19.8 Å². The lowest BCUT2D eigenvalue weighted by Gasteiger charge is -2.07. The molecule has 0 aliphatic heterocycles. The van der Waals surface area contributed by atoms with Gasteiger partial charge >= 0.3 is 5.97 Å². The van der Waals surface area contributed by atoms with E-state index in [-0.39, 0.29) is 6.61 Å². The Morgan fingerprint density at radius 1 is 1.27 bits per heavy atom. The first-order valence-corrected chi connectivity index (χ1v) is 4.34. The number of anilines is 1. The lowest BCUT2D eigenvalue weighted by atomic mass is 10.2. The number of hydrogen-bond donors (Lipinski definition) is 3. The van der Waals surface area contributed by atoms with Gasteiger partial charge in [-0.05, 0) is 6.07 Å². The first kappa shape index (κ1) is 11.2. The van der Waals surface area contributed by atoms with Gasteiger partial charge in [-0.2, -0.15) is 0 Å². The van der Waals surface area contributed by atoms with Crippen molar-refractivity contribution in [3.63, 3.8) is 0 Å². The van der Waals surface area contributed by atoms with Gasteiger partial charge in [0.05, 0.1) is 6.61 Å². The molecule has 0 atom stereocenters. The predicted octanol–water partition coefficient (Wildman–Crippen LogP) is 0.592. The van der Waals surface area contributed by atoms with E-state index in [1.807, 2.05) is 0 Å². The third-order valence-electron chi connectivity index (χ3n) is 1.77. The number of carboxylic acid groups (broad SMARTS) is 1. The lowest BCUT2D eigenvalue weighted by molar-refractivity contribution is -0.139. The molecule has 0 bridgehead atoms. The second-order valence-electron chi connectivity index (χ2n) is 2.93. The van der Waals surface area contributed by atoms with Crippen LogP contribution in [0.4, 0.5) is 5.69 Å². The van der Waals surface area contributed by atoms with E-state index in [2.05, 4.69) is 5.32 Å². The topological polar surface area (TPSA) is 86.6 Å². The van der Waals surface area contributed by atoms with E-state index >= 15 is 0 Å². The maximum absolute atomic E-state index is 11.1. The molecule has 0 aliphatic rings. The predicted molar refractivity (Wildman–Crippen MR) is 53.2 cm³/mol. The van der Waals surface area contributed by atoms with Gasteiger partial charge in [-0.25, -0.2) is 0 Å². The molecule has 0 saturated carbocycles. The minimum absolute atomic E-state index is 0.205. The molecule has 0 spiro atoms. The number of aliphatic hydroxyl groups excluding tert-OH is 1. The molecule has 0 aromatic heterocycles. The Hall–Kier alpha value is -1.88. The van der Waals surface area contributed by atoms with Crippen molar-refractivity contribution >= 4 is 17.6 Å². The Morgan fingerprint density at radius 3 is 2.53 bits per heavy atom. The Kier molecular flexibility index (Phi) is 3.82. The number of aliphatic carboxylic acids is 1. The van der Waals surface area contributed by atoms with Crippen LogP contribution < -0.4 is 5.32 Å². The summed E-state index contributed by atoms with van der Waals surface area (Å²) in [5, 5.41) is 19.7. The number of carbonyl (C=O) groups is 2. The fourth-order valence-electron chi connectivity index (χ4n) is 1.11. The van der Waals surface area contributed by atoms with Gasteiger partial charge < -0.3 is 15.5 Å². The Morgan fingerprint density at radius 2 is 1.93 bits per heavy atom. The highest BCUT2D eigenvalue weighted by molar-refractivity contribution is 6.01. The van der Waals surface area contributed by atoms with Crippen molar-refractivity contribution in [2.24, 2.45) is 0 Å². The highest BCUT2D eigenvalue weighted by atomic mass is 16.4. The molecule has 5 heteroatoms. The number of carboxylic acids is 1. The van der Waals surface area contributed by atoms with Crippen molar-refractivity contribution in [3.05, 3.63) is 29.8 Å². The standard InChI is InChI=1S/C10H11NO4/c12-6-7-3-1-2-4-8(7)11-9(13)5-10(14)15/h1-4,12H,5-6H2,(H,11,13)(H,14,15). The molecule has 0 unspecified atom stereocenters. The third-order valence-corrected chi connectivity index (χ3v) is 1.77. The highest BCUT2D eigenvalue weighted by Crippen LogP contribution is 2.14. The number of hydrogen-bond acceptors (Lipinski definition) is 3. The molecule has 0 fully saturated rings. The van der Waals surface area contributed by atoms with Crippen LogP contribution in [0, 0.1) is 0 Å². The number of para-hydroxylation sites is 1. The summed E-state index contributed by atoms with van der Waals surface area (Å²) in [6.07, 6.45) is -0.584. The zero-order valence-electron chi connectivity index (χ0n) is 7.93. The average Bonchev–Trinajstić information content (AvgIpc) is 2.17. The first-order valence-electron chi connectivity index (χ1n) is 4.34. The van der Waals surface area contributed by atoms with Gasteiger partial charge in [0.15, 0.2) is 0 Å². The van der Waals surface area contributed by atoms with Gasteiger partial charge in [-0.3, -0.25) is 9.59 Å². The van der Waals surface area contributed by atoms with E-state index in [0.29, 0.717) is 11.3 Å². The largest absolute Gasteiger partial charge is 0.481 e. The molecule has 1 amide bonds. The summed E-state index contributed by atoms with van der Waals surface area (Å²) < 4.78 is 0. The van der Waals surface area contributed by atoms with Crippen LogP contribution in [0.1, 0.15) is 12.0 Å². The normalized spacial score (nSPS) is 9.67. The Bertz CT molecular complexity index is 375. The van der Waals surface area contributed by atoms with Crippen LogP contribution in [0.3, 0.4) is 0 Å². The summed E-state index contributed by atoms with van der Waals surface area (Å²) in [4.78, 5) is 21.4. The summed E-state index contributed by atoms with van der Waals surface area (Å²) in [7, 11) is 0. The van der Waals surface area contributed by atoms with Gasteiger partial charge in [0.25, 0.3) is 0 Å². The van der Waals surface area contributed by atoms with E-state index in [0.717, 1.165) is 0 Å². The van der Waals surface area contributed by atoms with Crippen molar-refractivity contribution in [2.75, 3.05) is 5.32 Å². The van der Waals surface area contributed by atoms with Gasteiger partial charge in [-0.1, -0.05) is 18.2 Å². The van der Waals surface area contributed by atoms with Crippen LogP contribution in [-0.4, -0.2) is 22.1 Å². The van der Waals surface area contributed by atoms with Crippen molar-refractivity contribution in [2.45, 2.75) is 13.0 Å². The Balaban J connectivity index is 2.71. The average molecular weight is 209 g/mol. The molecular formula is C10H11NO4. The van der Waals surface area contributed by atoms with E-state index in [9.17, 15) is 9.59 Å². The quantitative estimate of drug-likeness (QED) is 0.633. The number of benzene rings is 1. The third kappa shape index (κ3) is 3.40. The van der Waals surface area contributed by atoms with Crippen LogP contribution in [0.5, 0.6) is 0 Å². The molecular weight excluding hydrogens is 198 g/mol. The second-order valence-corrected chi connectivity index (χ2v) is 2.93. The molecule has 0 heterocycles. The molecule has 3 N–H and O–H groups in total. The molecule has 1 aromatic carbocycles. The molecule has 1 aromatic rings. The van der Waals surface area contributed by atoms with Crippen molar-refractivity contribution in [1.82, 2.24) is 0 Å². The van der Waals surface area contributed by atoms with Crippen LogP contribution in [0.25, 0.3) is 0 Å². The number of aliphatic hydroxyl groups is 1. The van der Waals surface area contributed by atoms with Gasteiger partial charge in [-0.15, -0.1) is 0 Å². The molecule has 1 rings (SSSR count). The SMILES string of the molecule is O=C(O)CC(=O)Nc1ccccc1CO. The van der Waals surface area contributed by atoms with E-state index in [4.69, 9.17) is 10.2 Å². The number of nitrogens with one attached hydrogen (secondary N) is 1. The van der Waals surface area contributed by atoms with Crippen LogP contribution in [-0.2, 0) is 16.2 Å². The van der Waals surface area contributed by atoms with Gasteiger partial charge in [0, 0.05) is 11.3 Å². The van der Waals surface area contributed by atoms with Crippen molar-refractivity contribution in [3.8, 4) is 0 Å². The van der Waals surface area contributed by atoms with E-state index in [1.54, 1.807) is 24.3 Å². The smallest absolute Gasteiger partial charge is 0.312 e. The minimum Gasteiger partial charge on any atom is -0.481 e. The fourth-order valence-corrected chi connectivity index (χ4v) is 1.11. The van der Waals surface area contributed by atoms with Gasteiger partial charge in [0.1, 0.15) is 6.42 Å². The van der Waals surface area contributed by atoms with Crippen LogP contribution in [0.15, 0.2) is 24.3 Å². The van der Waals surface area contributed by atoms with Crippen LogP contribution >= 0.6 is 0 Å². The molecule has 0 aliphatic carbocycles. The van der Waals surface area contributed by atoms with E-state index in [1.165, 1.54) is 0 Å². The monoisotopic (exact) mass is 209 g/mol. The van der Waals surface area contributed by atoms with Crippen LogP contribution in [0.2, 0.25) is 0 Å². The summed E-state index contributed by atoms with van der Waals surface area (Å²) in [5.74, 6) is -1.79. The molecule has 80 valence electrons. The summed E-state index contributed by atoms with van der Waals surface area (Å²) in [6, 6.07) is 6.66. The number of amides is 1. The number of carbonyl (C=O) groups excluding carboxylic acids is 1. The van der Waals surface area contributed by atoms with Crippen molar-refractivity contribution in [1.29, 1.82) is 0 Å². The summed E-state index contributed by atoms with van der Waals surface area (Å²) >= 11 is 0. The summed E-state index contributed by atoms with van der Waals surface area (Å²) in [6.45, 7) is -0.205. The van der Waals surface area contributed by atoms with E-state index < -0.39 is 18.3 Å². The first-order chi connectivity index (χ1) is 7.13. The number of rotatable bonds is 4. The zero-order chi connectivity index (χ0) is 11.3. The maximum atomic E-state index is 11.1. The molecule has 0 radical (unpaired) electrons. The minimum atomic E-state index is -1.19. The highest BCUT2D eigenvalue weighted by Gasteiger charge is 2.09. The molecule has 5 nitrogen and oxygen atoms in total. The fraction of sp³-hybridized carbons (Fsp3) is 0.200. The lowest BCUT2D eigenvalue weighted by Crippen LogP contribution is -2.16. The maximum Gasteiger partial charge on any atom is 0.312 e. The zero-order valence-corrected chi connectivity index (χ0v) is 7.93. The van der Waals surface area contributed by atoms with Gasteiger partial charge in [0.2, 0.25) is 5.91 Å². The molecule has 0 saturated heterocycles. The Labute approximate surface area is 86.4 Å². The second kappa shape index (κ2) is 5.11.